The standard InChI is InChI=1S/C16H19O2PS2.CH4O/c1-3-13-5-9-15(10-6-13)17-19(20,21)18-16-11-7-14(4-2)8-12-16;1-2/h5-12H,3-4H2,1-2H3,(H,20,21);2H,1H3. The summed E-state index contributed by atoms with van der Waals surface area (Å²) in [4.78, 5) is 0. The fourth-order valence-corrected chi connectivity index (χ4v) is 3.75. The largest absolute Gasteiger partial charge is 0.428 e. The highest BCUT2D eigenvalue weighted by Gasteiger charge is 2.16. The van der Waals surface area contributed by atoms with Crippen molar-refractivity contribution in [2.24, 2.45) is 0 Å². The van der Waals surface area contributed by atoms with Gasteiger partial charge in [-0.25, -0.2) is 0 Å². The van der Waals surface area contributed by atoms with E-state index in [-0.39, 0.29) is 0 Å². The van der Waals surface area contributed by atoms with Gasteiger partial charge in [0, 0.05) is 7.11 Å². The van der Waals surface area contributed by atoms with Gasteiger partial charge in [0.25, 0.3) is 0 Å². The van der Waals surface area contributed by atoms with Crippen LogP contribution in [0.5, 0.6) is 11.5 Å². The van der Waals surface area contributed by atoms with Gasteiger partial charge in [0.1, 0.15) is 11.5 Å². The second-order valence-electron chi connectivity index (χ2n) is 4.65. The van der Waals surface area contributed by atoms with Crippen LogP contribution in [0.15, 0.2) is 48.5 Å². The molecule has 3 nitrogen and oxygen atoms in total. The first-order chi connectivity index (χ1) is 11.0. The lowest BCUT2D eigenvalue weighted by Crippen LogP contribution is -1.95. The number of hydrogen-bond donors (Lipinski definition) is 2. The molecule has 0 bridgehead atoms. The molecule has 0 aliphatic rings. The number of aliphatic hydroxyl groups is 1. The number of rotatable bonds is 6. The van der Waals surface area contributed by atoms with Crippen LogP contribution in [-0.2, 0) is 24.6 Å². The maximum atomic E-state index is 7.00. The van der Waals surface area contributed by atoms with Gasteiger partial charge in [0.2, 0.25) is 0 Å². The molecule has 2 rings (SSSR count). The van der Waals surface area contributed by atoms with Gasteiger partial charge in [-0.1, -0.05) is 50.4 Å². The summed E-state index contributed by atoms with van der Waals surface area (Å²) < 4.78 is 11.5. The van der Waals surface area contributed by atoms with E-state index in [0.29, 0.717) is 11.5 Å². The SMILES string of the molecule is CCc1ccc(OP(=S)(S)Oc2ccc(CC)cc2)cc1.CO. The summed E-state index contributed by atoms with van der Waals surface area (Å²) in [5, 5.41) is 7.00. The zero-order valence-corrected chi connectivity index (χ0v) is 16.2. The maximum absolute atomic E-state index is 7.00. The van der Waals surface area contributed by atoms with Gasteiger partial charge >= 0.3 is 5.69 Å². The van der Waals surface area contributed by atoms with Crippen LogP contribution in [0, 0.1) is 0 Å². The lowest BCUT2D eigenvalue weighted by atomic mass is 10.2. The van der Waals surface area contributed by atoms with Crippen molar-refractivity contribution < 1.29 is 14.2 Å². The van der Waals surface area contributed by atoms with Crippen molar-refractivity contribution >= 4 is 29.7 Å². The van der Waals surface area contributed by atoms with Crippen molar-refractivity contribution in [3.63, 3.8) is 0 Å². The number of aliphatic hydroxyl groups excluding tert-OH is 1. The molecule has 126 valence electrons. The van der Waals surface area contributed by atoms with Crippen molar-refractivity contribution in [1.29, 1.82) is 0 Å². The maximum Gasteiger partial charge on any atom is 0.345 e. The minimum absolute atomic E-state index is 0.690. The Morgan fingerprint density at radius 1 is 0.826 bits per heavy atom. The first-order valence-corrected chi connectivity index (χ1v) is 11.2. The van der Waals surface area contributed by atoms with E-state index in [1.54, 1.807) is 0 Å². The topological polar surface area (TPSA) is 38.7 Å². The Labute approximate surface area is 149 Å². The van der Waals surface area contributed by atoms with Gasteiger partial charge < -0.3 is 14.2 Å². The molecular weight excluding hydrogens is 347 g/mol. The van der Waals surface area contributed by atoms with Crippen LogP contribution in [0.1, 0.15) is 25.0 Å². The van der Waals surface area contributed by atoms with E-state index in [1.165, 1.54) is 11.1 Å². The van der Waals surface area contributed by atoms with E-state index >= 15 is 0 Å². The van der Waals surface area contributed by atoms with Crippen molar-refractivity contribution in [2.75, 3.05) is 7.11 Å². The fraction of sp³-hybridized carbons (Fsp3) is 0.294. The lowest BCUT2D eigenvalue weighted by molar-refractivity contribution is 0.399. The van der Waals surface area contributed by atoms with Gasteiger partial charge in [-0.15, -0.1) is 0 Å². The Hall–Kier alpha value is -1.00. The van der Waals surface area contributed by atoms with E-state index in [4.69, 9.17) is 26.0 Å². The molecule has 0 fully saturated rings. The Balaban J connectivity index is 0.00000127. The highest BCUT2D eigenvalue weighted by atomic mass is 32.9. The molecule has 6 heteroatoms. The van der Waals surface area contributed by atoms with E-state index in [0.717, 1.165) is 20.0 Å². The molecule has 0 radical (unpaired) electrons. The third-order valence-electron chi connectivity index (χ3n) is 3.10. The minimum Gasteiger partial charge on any atom is -0.428 e. The monoisotopic (exact) mass is 370 g/mol. The third-order valence-corrected chi connectivity index (χ3v) is 4.92. The molecule has 0 atom stereocenters. The Morgan fingerprint density at radius 3 is 1.39 bits per heavy atom. The molecule has 0 aliphatic carbocycles. The summed E-state index contributed by atoms with van der Waals surface area (Å²) in [6.45, 7) is 4.23. The molecular formula is C17H23O3PS2. The van der Waals surface area contributed by atoms with Crippen LogP contribution in [0.2, 0.25) is 0 Å². The van der Waals surface area contributed by atoms with Crippen LogP contribution in [0.25, 0.3) is 0 Å². The summed E-state index contributed by atoms with van der Waals surface area (Å²) in [6, 6.07) is 15.7. The van der Waals surface area contributed by atoms with E-state index in [2.05, 4.69) is 26.1 Å². The first kappa shape index (κ1) is 20.0. The lowest BCUT2D eigenvalue weighted by Gasteiger charge is -2.18. The predicted octanol–water partition coefficient (Wildman–Crippen LogP) is 5.03. The molecule has 0 heterocycles. The third kappa shape index (κ3) is 6.96. The fourth-order valence-electron chi connectivity index (χ4n) is 1.86. The van der Waals surface area contributed by atoms with Gasteiger partial charge in [-0.3, -0.25) is 0 Å². The highest BCUT2D eigenvalue weighted by Crippen LogP contribution is 2.52. The van der Waals surface area contributed by atoms with Crippen LogP contribution in [0.4, 0.5) is 0 Å². The van der Waals surface area contributed by atoms with Crippen molar-refractivity contribution in [3.8, 4) is 11.5 Å². The van der Waals surface area contributed by atoms with E-state index in [1.807, 2.05) is 48.5 Å². The quantitative estimate of drug-likeness (QED) is 0.552. The van der Waals surface area contributed by atoms with Crippen LogP contribution in [-0.4, -0.2) is 12.2 Å². The van der Waals surface area contributed by atoms with Gasteiger partial charge in [0.15, 0.2) is 0 Å². The summed E-state index contributed by atoms with van der Waals surface area (Å²) >= 11 is 9.75. The number of aryl methyl sites for hydroxylation is 2. The number of hydrogen-bond acceptors (Lipinski definition) is 4. The van der Waals surface area contributed by atoms with Gasteiger partial charge in [-0.2, -0.15) is 0 Å². The molecule has 1 N–H and O–H groups in total. The summed E-state index contributed by atoms with van der Waals surface area (Å²) in [5.74, 6) is 1.38. The molecule has 23 heavy (non-hydrogen) atoms. The van der Waals surface area contributed by atoms with E-state index < -0.39 is 5.69 Å². The second-order valence-corrected chi connectivity index (χ2v) is 9.78. The first-order valence-electron chi connectivity index (χ1n) is 7.37. The van der Waals surface area contributed by atoms with Gasteiger partial charge in [-0.05, 0) is 60.0 Å². The summed E-state index contributed by atoms with van der Waals surface area (Å²) in [7, 11) is 1.00. The smallest absolute Gasteiger partial charge is 0.345 e. The molecule has 2 aromatic rings. The minimum atomic E-state index is -2.66. The molecule has 0 saturated carbocycles. The molecule has 0 spiro atoms. The number of benzene rings is 2. The van der Waals surface area contributed by atoms with Crippen LogP contribution >= 0.6 is 17.9 Å². The second kappa shape index (κ2) is 9.99. The van der Waals surface area contributed by atoms with Gasteiger partial charge in [0.05, 0.1) is 0 Å². The molecule has 0 unspecified atom stereocenters. The molecule has 2 aromatic carbocycles. The normalized spacial score (nSPS) is 10.5. The van der Waals surface area contributed by atoms with Crippen molar-refractivity contribution in [3.05, 3.63) is 59.7 Å². The van der Waals surface area contributed by atoms with Crippen LogP contribution < -0.4 is 9.05 Å². The van der Waals surface area contributed by atoms with Crippen molar-refractivity contribution in [2.45, 2.75) is 26.7 Å². The highest BCUT2D eigenvalue weighted by molar-refractivity contribution is 8.60. The Kier molecular flexibility index (Phi) is 8.71. The average Bonchev–Trinajstić information content (AvgIpc) is 2.57. The Morgan fingerprint density at radius 2 is 1.13 bits per heavy atom. The molecule has 0 aromatic heterocycles. The summed E-state index contributed by atoms with van der Waals surface area (Å²) in [6.07, 6.45) is 1.99. The average molecular weight is 370 g/mol. The predicted molar refractivity (Wildman–Crippen MR) is 104 cm³/mol. The number of thiol groups is 1. The van der Waals surface area contributed by atoms with Crippen molar-refractivity contribution in [1.82, 2.24) is 0 Å². The molecule has 0 amide bonds. The summed E-state index contributed by atoms with van der Waals surface area (Å²) in [5.41, 5.74) is -0.145. The van der Waals surface area contributed by atoms with Crippen LogP contribution in [0.3, 0.4) is 0 Å². The van der Waals surface area contributed by atoms with E-state index in [9.17, 15) is 0 Å². The molecule has 0 saturated heterocycles. The molecule has 0 aliphatic heterocycles. The zero-order chi connectivity index (χ0) is 17.3. The Bertz CT molecular complexity index is 574. The zero-order valence-electron chi connectivity index (χ0n) is 13.6.